The molecular weight excluding hydrogens is 361 g/mol. The highest BCUT2D eigenvalue weighted by molar-refractivity contribution is 5.90. The van der Waals surface area contributed by atoms with Crippen molar-refractivity contribution in [1.82, 2.24) is 5.32 Å². The number of para-hydroxylation sites is 1. The molecule has 1 heterocycles. The van der Waals surface area contributed by atoms with Crippen LogP contribution in [0, 0.1) is 5.82 Å². The average molecular weight is 377 g/mol. The Morgan fingerprint density at radius 2 is 1.79 bits per heavy atom. The van der Waals surface area contributed by atoms with E-state index in [1.54, 1.807) is 54.6 Å². The van der Waals surface area contributed by atoms with Crippen LogP contribution in [0.1, 0.15) is 5.56 Å². The maximum absolute atomic E-state index is 13.1. The number of nitrogens with one attached hydrogen (secondary N) is 1. The fourth-order valence-corrected chi connectivity index (χ4v) is 2.92. The van der Waals surface area contributed by atoms with Crippen molar-refractivity contribution in [3.05, 3.63) is 88.3 Å². The van der Waals surface area contributed by atoms with E-state index in [2.05, 4.69) is 5.32 Å². The number of fused-ring (bicyclic) bond motifs is 2. The summed E-state index contributed by atoms with van der Waals surface area (Å²) in [6.07, 6.45) is 0. The second kappa shape index (κ2) is 7.52. The molecule has 1 amide bonds. The molecule has 0 aliphatic heterocycles. The number of amides is 1. The number of hydrogen-bond donors (Lipinski definition) is 1. The van der Waals surface area contributed by atoms with Gasteiger partial charge >= 0.3 is 0 Å². The zero-order chi connectivity index (χ0) is 19.5. The van der Waals surface area contributed by atoms with Crippen LogP contribution in [-0.4, -0.2) is 12.5 Å². The third-order valence-electron chi connectivity index (χ3n) is 4.30. The third kappa shape index (κ3) is 3.71. The van der Waals surface area contributed by atoms with Crippen molar-refractivity contribution >= 4 is 27.8 Å². The van der Waals surface area contributed by atoms with E-state index >= 15 is 0 Å². The predicted molar refractivity (Wildman–Crippen MR) is 104 cm³/mol. The fourth-order valence-electron chi connectivity index (χ4n) is 2.92. The van der Waals surface area contributed by atoms with Gasteiger partial charge in [-0.25, -0.2) is 4.39 Å². The van der Waals surface area contributed by atoms with Crippen LogP contribution < -0.4 is 15.5 Å². The molecule has 0 aliphatic rings. The molecule has 0 saturated heterocycles. The van der Waals surface area contributed by atoms with Crippen LogP contribution in [-0.2, 0) is 11.3 Å². The zero-order valence-corrected chi connectivity index (χ0v) is 14.8. The van der Waals surface area contributed by atoms with E-state index in [4.69, 9.17) is 9.15 Å². The summed E-state index contributed by atoms with van der Waals surface area (Å²) in [6, 6.07) is 17.8. The molecule has 0 bridgehead atoms. The van der Waals surface area contributed by atoms with Gasteiger partial charge in [-0.05, 0) is 42.0 Å². The van der Waals surface area contributed by atoms with Crippen molar-refractivity contribution in [3.63, 3.8) is 0 Å². The molecule has 5 nitrogen and oxygen atoms in total. The van der Waals surface area contributed by atoms with Crippen LogP contribution in [0.2, 0.25) is 0 Å². The smallest absolute Gasteiger partial charge is 0.258 e. The van der Waals surface area contributed by atoms with Gasteiger partial charge in [-0.15, -0.1) is 0 Å². The van der Waals surface area contributed by atoms with Crippen LogP contribution in [0.5, 0.6) is 5.75 Å². The molecule has 0 aliphatic carbocycles. The van der Waals surface area contributed by atoms with Gasteiger partial charge in [-0.1, -0.05) is 24.3 Å². The monoisotopic (exact) mass is 377 g/mol. The summed E-state index contributed by atoms with van der Waals surface area (Å²) in [5.74, 6) is -0.288. The van der Waals surface area contributed by atoms with Crippen molar-refractivity contribution in [2.75, 3.05) is 6.61 Å². The van der Waals surface area contributed by atoms with E-state index in [-0.39, 0.29) is 30.3 Å². The van der Waals surface area contributed by atoms with Gasteiger partial charge in [0.15, 0.2) is 6.61 Å². The van der Waals surface area contributed by atoms with E-state index in [1.807, 2.05) is 0 Å². The van der Waals surface area contributed by atoms with Gasteiger partial charge in [0, 0.05) is 12.6 Å². The summed E-state index contributed by atoms with van der Waals surface area (Å²) in [6.45, 7) is -0.00280. The second-order valence-electron chi connectivity index (χ2n) is 6.28. The molecule has 3 aromatic carbocycles. The van der Waals surface area contributed by atoms with E-state index in [0.717, 1.165) is 0 Å². The van der Waals surface area contributed by atoms with E-state index < -0.39 is 0 Å². The molecular formula is C22H16FNO4. The first-order chi connectivity index (χ1) is 13.6. The molecule has 0 atom stereocenters. The van der Waals surface area contributed by atoms with Crippen molar-refractivity contribution in [3.8, 4) is 5.75 Å². The number of halogens is 1. The lowest BCUT2D eigenvalue weighted by atomic mass is 10.1. The number of carbonyl (C=O) groups is 1. The minimum Gasteiger partial charge on any atom is -0.484 e. The number of ether oxygens (including phenoxy) is 1. The topological polar surface area (TPSA) is 68.5 Å². The minimum absolute atomic E-state index is 0.115. The first kappa shape index (κ1) is 17.7. The largest absolute Gasteiger partial charge is 0.484 e. The van der Waals surface area contributed by atoms with Gasteiger partial charge in [-0.2, -0.15) is 0 Å². The van der Waals surface area contributed by atoms with Gasteiger partial charge in [-0.3, -0.25) is 9.59 Å². The van der Waals surface area contributed by atoms with Crippen LogP contribution >= 0.6 is 0 Å². The highest BCUT2D eigenvalue weighted by atomic mass is 19.1. The Bertz CT molecular complexity index is 1230. The molecule has 6 heteroatoms. The van der Waals surface area contributed by atoms with E-state index in [0.29, 0.717) is 33.3 Å². The van der Waals surface area contributed by atoms with Crippen molar-refractivity contribution in [1.29, 1.82) is 0 Å². The second-order valence-corrected chi connectivity index (χ2v) is 6.28. The quantitative estimate of drug-likeness (QED) is 0.538. The molecule has 0 saturated carbocycles. The molecule has 0 fully saturated rings. The Hall–Kier alpha value is -3.67. The molecule has 0 radical (unpaired) electrons. The predicted octanol–water partition coefficient (Wildman–Crippen LogP) is 3.78. The minimum atomic E-state index is -0.354. The van der Waals surface area contributed by atoms with E-state index in [1.165, 1.54) is 12.1 Å². The lowest BCUT2D eigenvalue weighted by Gasteiger charge is -2.08. The fraction of sp³-hybridized carbons (Fsp3) is 0.0909. The Labute approximate surface area is 159 Å². The molecule has 0 unspecified atom stereocenters. The summed E-state index contributed by atoms with van der Waals surface area (Å²) in [5, 5.41) is 3.62. The van der Waals surface area contributed by atoms with Gasteiger partial charge in [0.2, 0.25) is 5.43 Å². The average Bonchev–Trinajstić information content (AvgIpc) is 2.71. The normalized spacial score (nSPS) is 10.9. The van der Waals surface area contributed by atoms with Crippen molar-refractivity contribution < 1.29 is 18.3 Å². The molecule has 1 N–H and O–H groups in total. The van der Waals surface area contributed by atoms with Crippen molar-refractivity contribution in [2.24, 2.45) is 0 Å². The maximum Gasteiger partial charge on any atom is 0.258 e. The van der Waals surface area contributed by atoms with E-state index in [9.17, 15) is 14.0 Å². The molecule has 28 heavy (non-hydrogen) atoms. The third-order valence-corrected chi connectivity index (χ3v) is 4.30. The number of hydrogen-bond acceptors (Lipinski definition) is 4. The summed E-state index contributed by atoms with van der Waals surface area (Å²) < 4.78 is 24.4. The Morgan fingerprint density at radius 1 is 0.964 bits per heavy atom. The first-order valence-electron chi connectivity index (χ1n) is 8.70. The molecule has 4 rings (SSSR count). The Balaban J connectivity index is 1.45. The summed E-state index contributed by atoms with van der Waals surface area (Å²) in [7, 11) is 0. The molecule has 4 aromatic rings. The van der Waals surface area contributed by atoms with Crippen molar-refractivity contribution in [2.45, 2.75) is 6.54 Å². The number of rotatable bonds is 5. The SMILES string of the molecule is O=C(COc1ccc2c(=O)c3ccccc3oc2c1)NCc1cccc(F)c1. The summed E-state index contributed by atoms with van der Waals surface area (Å²) >= 11 is 0. The zero-order valence-electron chi connectivity index (χ0n) is 14.8. The van der Waals surface area contributed by atoms with Gasteiger partial charge < -0.3 is 14.5 Å². The Morgan fingerprint density at radius 3 is 2.64 bits per heavy atom. The summed E-state index contributed by atoms with van der Waals surface area (Å²) in [5.41, 5.74) is 1.43. The summed E-state index contributed by atoms with van der Waals surface area (Å²) in [4.78, 5) is 24.5. The molecule has 0 spiro atoms. The van der Waals surface area contributed by atoms with Gasteiger partial charge in [0.1, 0.15) is 22.7 Å². The van der Waals surface area contributed by atoms with Crippen LogP contribution in [0.15, 0.2) is 75.9 Å². The van der Waals surface area contributed by atoms with Gasteiger partial charge in [0.05, 0.1) is 10.8 Å². The highest BCUT2D eigenvalue weighted by Gasteiger charge is 2.09. The lowest BCUT2D eigenvalue weighted by Crippen LogP contribution is -2.28. The number of carbonyl (C=O) groups excluding carboxylic acids is 1. The first-order valence-corrected chi connectivity index (χ1v) is 8.70. The number of benzene rings is 3. The lowest BCUT2D eigenvalue weighted by molar-refractivity contribution is -0.123. The van der Waals surface area contributed by atoms with Gasteiger partial charge in [0.25, 0.3) is 5.91 Å². The molecule has 1 aromatic heterocycles. The Kier molecular flexibility index (Phi) is 4.76. The maximum atomic E-state index is 13.1. The van der Waals surface area contributed by atoms with Crippen LogP contribution in [0.25, 0.3) is 21.9 Å². The van der Waals surface area contributed by atoms with Crippen LogP contribution in [0.4, 0.5) is 4.39 Å². The molecule has 140 valence electrons. The highest BCUT2D eigenvalue weighted by Crippen LogP contribution is 2.22. The standard InChI is InChI=1S/C22H16FNO4/c23-15-5-3-4-14(10-15)12-24-21(25)13-27-16-8-9-18-20(11-16)28-19-7-2-1-6-17(19)22(18)26/h1-11H,12-13H2,(H,24,25). The van der Waals surface area contributed by atoms with Crippen LogP contribution in [0.3, 0.4) is 0 Å².